The molecule has 3 rings (SSSR count). The van der Waals surface area contributed by atoms with Crippen LogP contribution in [0.25, 0.3) is 0 Å². The Kier molecular flexibility index (Phi) is 4.34. The summed E-state index contributed by atoms with van der Waals surface area (Å²) in [5.74, 6) is 0.721. The van der Waals surface area contributed by atoms with Crippen LogP contribution in [0.1, 0.15) is 37.3 Å². The second-order valence-corrected chi connectivity index (χ2v) is 6.93. The predicted octanol–water partition coefficient (Wildman–Crippen LogP) is 2.42. The van der Waals surface area contributed by atoms with Gasteiger partial charge in [0.05, 0.1) is 13.2 Å². The minimum atomic E-state index is 0.170. The summed E-state index contributed by atoms with van der Waals surface area (Å²) in [5, 5.41) is 3.59. The number of likely N-dealkylation sites (N-methyl/N-ethyl adjacent to an activating group) is 1. The topological polar surface area (TPSA) is 24.5 Å². The first-order valence-corrected chi connectivity index (χ1v) is 8.21. The van der Waals surface area contributed by atoms with E-state index in [1.54, 1.807) is 11.1 Å². The molecule has 2 atom stereocenters. The molecule has 1 aromatic rings. The molecule has 1 aliphatic heterocycles. The molecule has 1 aliphatic carbocycles. The Morgan fingerprint density at radius 3 is 2.67 bits per heavy atom. The Labute approximate surface area is 128 Å². The van der Waals surface area contributed by atoms with E-state index in [1.165, 1.54) is 12.8 Å². The summed E-state index contributed by atoms with van der Waals surface area (Å²) in [5.41, 5.74) is 3.28. The van der Waals surface area contributed by atoms with Gasteiger partial charge < -0.3 is 10.1 Å². The van der Waals surface area contributed by atoms with E-state index in [-0.39, 0.29) is 5.54 Å². The van der Waals surface area contributed by atoms with Gasteiger partial charge in [-0.3, -0.25) is 4.90 Å². The van der Waals surface area contributed by atoms with Gasteiger partial charge >= 0.3 is 0 Å². The van der Waals surface area contributed by atoms with E-state index in [0.29, 0.717) is 6.04 Å². The van der Waals surface area contributed by atoms with E-state index in [9.17, 15) is 0 Å². The molecule has 0 spiro atoms. The van der Waals surface area contributed by atoms with Gasteiger partial charge in [-0.05, 0) is 50.8 Å². The zero-order valence-electron chi connectivity index (χ0n) is 13.6. The van der Waals surface area contributed by atoms with Crippen LogP contribution in [-0.4, -0.2) is 49.8 Å². The molecule has 3 heteroatoms. The molecule has 2 unspecified atom stereocenters. The minimum absolute atomic E-state index is 0.170. The lowest BCUT2D eigenvalue weighted by molar-refractivity contribution is -0.0245. The van der Waals surface area contributed by atoms with Crippen LogP contribution in [-0.2, 0) is 11.2 Å². The smallest absolute Gasteiger partial charge is 0.0594 e. The second-order valence-electron chi connectivity index (χ2n) is 6.93. The van der Waals surface area contributed by atoms with Crippen molar-refractivity contribution < 1.29 is 4.74 Å². The maximum atomic E-state index is 5.51. The zero-order chi connectivity index (χ0) is 14.9. The Hall–Kier alpha value is -0.900. The SMILES string of the molecule is CNC(CC1Cc2ccccc21)C(C)(C)N1CCOCC1. The van der Waals surface area contributed by atoms with Crippen LogP contribution >= 0.6 is 0 Å². The van der Waals surface area contributed by atoms with Crippen molar-refractivity contribution in [3.05, 3.63) is 35.4 Å². The van der Waals surface area contributed by atoms with E-state index in [2.05, 4.69) is 55.4 Å². The van der Waals surface area contributed by atoms with Gasteiger partial charge in [0, 0.05) is 24.7 Å². The van der Waals surface area contributed by atoms with Crippen molar-refractivity contribution in [2.24, 2.45) is 0 Å². The quantitative estimate of drug-likeness (QED) is 0.900. The molecule has 0 amide bonds. The average molecular weight is 288 g/mol. The number of morpholine rings is 1. The summed E-state index contributed by atoms with van der Waals surface area (Å²) in [7, 11) is 2.11. The molecule has 0 radical (unpaired) electrons. The maximum Gasteiger partial charge on any atom is 0.0594 e. The summed E-state index contributed by atoms with van der Waals surface area (Å²) in [6.45, 7) is 8.59. The van der Waals surface area contributed by atoms with Gasteiger partial charge in [-0.25, -0.2) is 0 Å². The van der Waals surface area contributed by atoms with Gasteiger partial charge in [0.1, 0.15) is 0 Å². The average Bonchev–Trinajstić information content (AvgIpc) is 2.49. The molecular formula is C18H28N2O. The number of ether oxygens (including phenoxy) is 1. The number of nitrogens with one attached hydrogen (secondary N) is 1. The highest BCUT2D eigenvalue weighted by atomic mass is 16.5. The number of benzene rings is 1. The van der Waals surface area contributed by atoms with Crippen molar-refractivity contribution in [1.29, 1.82) is 0 Å². The lowest BCUT2D eigenvalue weighted by atomic mass is 9.72. The lowest BCUT2D eigenvalue weighted by Gasteiger charge is -2.47. The van der Waals surface area contributed by atoms with Crippen LogP contribution in [0, 0.1) is 0 Å². The Balaban J connectivity index is 1.67. The van der Waals surface area contributed by atoms with Crippen molar-refractivity contribution in [2.45, 2.75) is 44.2 Å². The normalized spacial score (nSPS) is 24.2. The molecule has 2 aliphatic rings. The summed E-state index contributed by atoms with van der Waals surface area (Å²) < 4.78 is 5.51. The third kappa shape index (κ3) is 2.87. The molecule has 0 aromatic heterocycles. The standard InChI is InChI=1S/C18H28N2O/c1-18(2,20-8-10-21-11-9-20)17(19-3)13-15-12-14-6-4-5-7-16(14)15/h4-7,15,17,19H,8-13H2,1-3H3. The fraction of sp³-hybridized carbons (Fsp3) is 0.667. The molecule has 1 saturated heterocycles. The van der Waals surface area contributed by atoms with Gasteiger partial charge in [-0.15, -0.1) is 0 Å². The third-order valence-electron chi connectivity index (χ3n) is 5.51. The molecule has 0 bridgehead atoms. The zero-order valence-corrected chi connectivity index (χ0v) is 13.6. The number of hydrogen-bond donors (Lipinski definition) is 1. The summed E-state index contributed by atoms with van der Waals surface area (Å²) in [6, 6.07) is 9.41. The molecule has 3 nitrogen and oxygen atoms in total. The van der Waals surface area contributed by atoms with Crippen molar-refractivity contribution in [1.82, 2.24) is 10.2 Å². The monoisotopic (exact) mass is 288 g/mol. The van der Waals surface area contributed by atoms with E-state index in [4.69, 9.17) is 4.74 Å². The Bertz CT molecular complexity index is 480. The van der Waals surface area contributed by atoms with E-state index >= 15 is 0 Å². The maximum absolute atomic E-state index is 5.51. The first-order chi connectivity index (χ1) is 10.1. The van der Waals surface area contributed by atoms with Crippen LogP contribution in [0.4, 0.5) is 0 Å². The van der Waals surface area contributed by atoms with Crippen molar-refractivity contribution >= 4 is 0 Å². The molecule has 116 valence electrons. The van der Waals surface area contributed by atoms with Gasteiger partial charge in [-0.2, -0.15) is 0 Å². The van der Waals surface area contributed by atoms with E-state index in [0.717, 1.165) is 32.2 Å². The summed E-state index contributed by atoms with van der Waals surface area (Å²) >= 11 is 0. The Morgan fingerprint density at radius 1 is 1.29 bits per heavy atom. The lowest BCUT2D eigenvalue weighted by Crippen LogP contribution is -2.60. The van der Waals surface area contributed by atoms with Crippen LogP contribution < -0.4 is 5.32 Å². The highest BCUT2D eigenvalue weighted by Crippen LogP contribution is 2.40. The predicted molar refractivity (Wildman–Crippen MR) is 86.8 cm³/mol. The number of nitrogens with zero attached hydrogens (tertiary/aromatic N) is 1. The number of hydrogen-bond acceptors (Lipinski definition) is 3. The third-order valence-corrected chi connectivity index (χ3v) is 5.51. The van der Waals surface area contributed by atoms with Crippen LogP contribution in [0.3, 0.4) is 0 Å². The van der Waals surface area contributed by atoms with Crippen molar-refractivity contribution in [3.63, 3.8) is 0 Å². The highest BCUT2D eigenvalue weighted by Gasteiger charge is 2.38. The van der Waals surface area contributed by atoms with Gasteiger partial charge in [0.2, 0.25) is 0 Å². The minimum Gasteiger partial charge on any atom is -0.379 e. The van der Waals surface area contributed by atoms with Gasteiger partial charge in [-0.1, -0.05) is 24.3 Å². The summed E-state index contributed by atoms with van der Waals surface area (Å²) in [6.07, 6.45) is 2.46. The largest absolute Gasteiger partial charge is 0.379 e. The van der Waals surface area contributed by atoms with E-state index in [1.807, 2.05) is 0 Å². The van der Waals surface area contributed by atoms with Crippen molar-refractivity contribution in [3.8, 4) is 0 Å². The van der Waals surface area contributed by atoms with E-state index < -0.39 is 0 Å². The van der Waals surface area contributed by atoms with Gasteiger partial charge in [0.15, 0.2) is 0 Å². The fourth-order valence-corrected chi connectivity index (χ4v) is 3.98. The molecule has 21 heavy (non-hydrogen) atoms. The highest BCUT2D eigenvalue weighted by molar-refractivity contribution is 5.40. The fourth-order valence-electron chi connectivity index (χ4n) is 3.98. The van der Waals surface area contributed by atoms with Crippen LogP contribution in [0.15, 0.2) is 24.3 Å². The molecule has 1 N–H and O–H groups in total. The number of rotatable bonds is 5. The van der Waals surface area contributed by atoms with Gasteiger partial charge in [0.25, 0.3) is 0 Å². The molecule has 1 heterocycles. The van der Waals surface area contributed by atoms with Crippen LogP contribution in [0.5, 0.6) is 0 Å². The molecule has 0 saturated carbocycles. The molecule has 1 aromatic carbocycles. The molecular weight excluding hydrogens is 260 g/mol. The van der Waals surface area contributed by atoms with Crippen molar-refractivity contribution in [2.75, 3.05) is 33.4 Å². The molecule has 1 fully saturated rings. The first-order valence-electron chi connectivity index (χ1n) is 8.21. The Morgan fingerprint density at radius 2 is 2.00 bits per heavy atom. The second kappa shape index (κ2) is 6.07. The number of fused-ring (bicyclic) bond motifs is 1. The van der Waals surface area contributed by atoms with Crippen LogP contribution in [0.2, 0.25) is 0 Å². The first kappa shape index (κ1) is 15.0. The summed E-state index contributed by atoms with van der Waals surface area (Å²) in [4.78, 5) is 2.59.